The van der Waals surface area contributed by atoms with Gasteiger partial charge in [0.25, 0.3) is 0 Å². The summed E-state index contributed by atoms with van der Waals surface area (Å²) >= 11 is 0. The van der Waals surface area contributed by atoms with Crippen molar-refractivity contribution in [3.63, 3.8) is 0 Å². The molecule has 0 bridgehead atoms. The molecule has 6 nitrogen and oxygen atoms in total. The maximum absolute atomic E-state index is 6.07. The Morgan fingerprint density at radius 2 is 2.08 bits per heavy atom. The number of nitrogens with one attached hydrogen (secondary N) is 2. The molecule has 2 rings (SSSR count). The van der Waals surface area contributed by atoms with Gasteiger partial charge in [-0.2, -0.15) is 0 Å². The van der Waals surface area contributed by atoms with E-state index in [2.05, 4.69) is 27.5 Å². The van der Waals surface area contributed by atoms with Gasteiger partial charge in [-0.1, -0.05) is 6.07 Å². The molecule has 0 amide bonds. The molecule has 0 saturated heterocycles. The molecule has 0 aromatic carbocycles. The van der Waals surface area contributed by atoms with Crippen LogP contribution in [0.15, 0.2) is 23.3 Å². The lowest BCUT2D eigenvalue weighted by atomic mass is 10.2. The fourth-order valence-electron chi connectivity index (χ4n) is 2.71. The van der Waals surface area contributed by atoms with Gasteiger partial charge in [-0.15, -0.1) is 24.0 Å². The zero-order valence-corrected chi connectivity index (χ0v) is 17.6. The van der Waals surface area contributed by atoms with Gasteiger partial charge < -0.3 is 20.1 Å². The minimum Gasteiger partial charge on any atom is -0.474 e. The van der Waals surface area contributed by atoms with Crippen molar-refractivity contribution in [3.8, 4) is 5.88 Å². The van der Waals surface area contributed by atoms with Crippen LogP contribution in [0.25, 0.3) is 0 Å². The molecule has 0 spiro atoms. The monoisotopic (exact) mass is 462 g/mol. The third-order valence-electron chi connectivity index (χ3n) is 3.93. The molecule has 7 heteroatoms. The minimum atomic E-state index is 0. The van der Waals surface area contributed by atoms with Crippen molar-refractivity contribution in [2.45, 2.75) is 52.2 Å². The molecule has 1 fully saturated rings. The van der Waals surface area contributed by atoms with Crippen molar-refractivity contribution in [3.05, 3.63) is 23.9 Å². The zero-order valence-electron chi connectivity index (χ0n) is 15.3. The molecule has 1 heterocycles. The molecule has 1 aliphatic rings. The fraction of sp³-hybridized carbons (Fsp3) is 0.667. The van der Waals surface area contributed by atoms with Crippen LogP contribution in [0.4, 0.5) is 0 Å². The Balaban J connectivity index is 0.00000312. The molecule has 0 aliphatic heterocycles. The molecule has 25 heavy (non-hydrogen) atoms. The zero-order chi connectivity index (χ0) is 17.0. The van der Waals surface area contributed by atoms with Crippen LogP contribution in [0.2, 0.25) is 0 Å². The maximum atomic E-state index is 6.07. The van der Waals surface area contributed by atoms with E-state index in [1.165, 1.54) is 12.8 Å². The number of aliphatic imine (C=N–C) groups is 1. The molecule has 142 valence electrons. The van der Waals surface area contributed by atoms with Gasteiger partial charge in [-0.05, 0) is 45.6 Å². The molecule has 0 atom stereocenters. The number of guanidine groups is 1. The summed E-state index contributed by atoms with van der Waals surface area (Å²) in [5.41, 5.74) is 1.02. The summed E-state index contributed by atoms with van der Waals surface area (Å²) in [5.74, 6) is 1.51. The molecule has 0 unspecified atom stereocenters. The van der Waals surface area contributed by atoms with E-state index in [4.69, 9.17) is 9.47 Å². The molecule has 2 N–H and O–H groups in total. The van der Waals surface area contributed by atoms with Gasteiger partial charge in [0, 0.05) is 31.5 Å². The van der Waals surface area contributed by atoms with Crippen molar-refractivity contribution in [2.75, 3.05) is 26.3 Å². The number of aromatic nitrogens is 1. The summed E-state index contributed by atoms with van der Waals surface area (Å²) < 4.78 is 11.4. The predicted octanol–water partition coefficient (Wildman–Crippen LogP) is 3.11. The molecule has 1 saturated carbocycles. The normalized spacial score (nSPS) is 14.9. The van der Waals surface area contributed by atoms with Gasteiger partial charge in [0.2, 0.25) is 5.88 Å². The highest BCUT2D eigenvalue weighted by Gasteiger charge is 2.18. The lowest BCUT2D eigenvalue weighted by molar-refractivity contribution is 0.152. The summed E-state index contributed by atoms with van der Waals surface area (Å²) in [5, 5.41) is 6.52. The standard InChI is InChI=1S/C18H30N4O2.HI/c1-3-19-18(21-12-13-23-4-2)22-14-15-8-7-11-20-17(15)24-16-9-5-6-10-16;/h7-8,11,16H,3-6,9-10,12-14H2,1-2H3,(H2,19,21,22);1H. The van der Waals surface area contributed by atoms with Crippen molar-refractivity contribution < 1.29 is 9.47 Å². The van der Waals surface area contributed by atoms with Crippen molar-refractivity contribution in [1.82, 2.24) is 15.6 Å². The second kappa shape index (κ2) is 13.2. The molecule has 1 aromatic heterocycles. The van der Waals surface area contributed by atoms with Crippen LogP contribution in [-0.2, 0) is 11.3 Å². The number of halogens is 1. The van der Waals surface area contributed by atoms with E-state index in [1.54, 1.807) is 6.20 Å². The third kappa shape index (κ3) is 8.22. The van der Waals surface area contributed by atoms with Gasteiger partial charge in [0.1, 0.15) is 6.10 Å². The molecular formula is C18H31IN4O2. The first-order valence-corrected chi connectivity index (χ1v) is 9.04. The Morgan fingerprint density at radius 3 is 2.80 bits per heavy atom. The summed E-state index contributed by atoms with van der Waals surface area (Å²) in [6, 6.07) is 3.96. The highest BCUT2D eigenvalue weighted by Crippen LogP contribution is 2.25. The average Bonchev–Trinajstić information content (AvgIpc) is 3.10. The largest absolute Gasteiger partial charge is 0.474 e. The van der Waals surface area contributed by atoms with E-state index in [0.29, 0.717) is 19.3 Å². The van der Waals surface area contributed by atoms with Gasteiger partial charge in [-0.3, -0.25) is 0 Å². The molecule has 1 aliphatic carbocycles. The summed E-state index contributed by atoms with van der Waals surface area (Å²) in [6.45, 7) is 7.54. The number of rotatable bonds is 9. The van der Waals surface area contributed by atoms with Crippen LogP contribution >= 0.6 is 24.0 Å². The van der Waals surface area contributed by atoms with Crippen LogP contribution in [0.3, 0.4) is 0 Å². The molecular weight excluding hydrogens is 431 g/mol. The lowest BCUT2D eigenvalue weighted by Crippen LogP contribution is -2.39. The number of ether oxygens (including phenoxy) is 2. The van der Waals surface area contributed by atoms with Crippen LogP contribution < -0.4 is 15.4 Å². The average molecular weight is 462 g/mol. The number of pyridine rings is 1. The quantitative estimate of drug-likeness (QED) is 0.256. The topological polar surface area (TPSA) is 67.8 Å². The highest BCUT2D eigenvalue weighted by molar-refractivity contribution is 14.0. The summed E-state index contributed by atoms with van der Waals surface area (Å²) in [4.78, 5) is 9.04. The first kappa shape index (κ1) is 22.0. The Kier molecular flexibility index (Phi) is 11.6. The van der Waals surface area contributed by atoms with Crippen molar-refractivity contribution in [1.29, 1.82) is 0 Å². The third-order valence-corrected chi connectivity index (χ3v) is 3.93. The Hall–Kier alpha value is -1.09. The number of nitrogens with zero attached hydrogens (tertiary/aromatic N) is 2. The van der Waals surface area contributed by atoms with Crippen LogP contribution in [-0.4, -0.2) is 43.4 Å². The maximum Gasteiger partial charge on any atom is 0.218 e. The number of hydrogen-bond acceptors (Lipinski definition) is 4. The van der Waals surface area contributed by atoms with E-state index in [-0.39, 0.29) is 24.0 Å². The van der Waals surface area contributed by atoms with Gasteiger partial charge in [0.05, 0.1) is 13.2 Å². The van der Waals surface area contributed by atoms with Gasteiger partial charge in [0.15, 0.2) is 5.96 Å². The predicted molar refractivity (Wildman–Crippen MR) is 112 cm³/mol. The van der Waals surface area contributed by atoms with Crippen LogP contribution in [0.1, 0.15) is 45.1 Å². The molecule has 1 aromatic rings. The van der Waals surface area contributed by atoms with E-state index >= 15 is 0 Å². The summed E-state index contributed by atoms with van der Waals surface area (Å²) in [6.07, 6.45) is 6.84. The van der Waals surface area contributed by atoms with E-state index in [9.17, 15) is 0 Å². The lowest BCUT2D eigenvalue weighted by Gasteiger charge is -2.15. The SMILES string of the molecule is CCNC(=NCc1cccnc1OC1CCCC1)NCCOCC.I. The highest BCUT2D eigenvalue weighted by atomic mass is 127. The van der Waals surface area contributed by atoms with Crippen LogP contribution in [0.5, 0.6) is 5.88 Å². The fourth-order valence-corrected chi connectivity index (χ4v) is 2.71. The van der Waals surface area contributed by atoms with E-state index < -0.39 is 0 Å². The van der Waals surface area contributed by atoms with Crippen molar-refractivity contribution >= 4 is 29.9 Å². The Morgan fingerprint density at radius 1 is 1.28 bits per heavy atom. The number of hydrogen-bond donors (Lipinski definition) is 2. The Bertz CT molecular complexity index is 508. The summed E-state index contributed by atoms with van der Waals surface area (Å²) in [7, 11) is 0. The van der Waals surface area contributed by atoms with E-state index in [1.807, 2.05) is 19.1 Å². The smallest absolute Gasteiger partial charge is 0.218 e. The van der Waals surface area contributed by atoms with Gasteiger partial charge >= 0.3 is 0 Å². The van der Waals surface area contributed by atoms with Gasteiger partial charge in [-0.25, -0.2) is 9.98 Å². The minimum absolute atomic E-state index is 0. The second-order valence-corrected chi connectivity index (χ2v) is 5.81. The second-order valence-electron chi connectivity index (χ2n) is 5.81. The van der Waals surface area contributed by atoms with Crippen molar-refractivity contribution in [2.24, 2.45) is 4.99 Å². The first-order chi connectivity index (χ1) is 11.8. The van der Waals surface area contributed by atoms with E-state index in [0.717, 1.165) is 49.9 Å². The Labute approximate surface area is 168 Å². The molecule has 0 radical (unpaired) electrons. The van der Waals surface area contributed by atoms with Crippen LogP contribution in [0, 0.1) is 0 Å². The first-order valence-electron chi connectivity index (χ1n) is 9.04.